The summed E-state index contributed by atoms with van der Waals surface area (Å²) in [7, 11) is 0. The van der Waals surface area contributed by atoms with E-state index in [0.29, 0.717) is 42.1 Å². The molecule has 0 aliphatic carbocycles. The highest BCUT2D eigenvalue weighted by atomic mass is 35.5. The summed E-state index contributed by atoms with van der Waals surface area (Å²) in [5.74, 6) is 1.65. The highest BCUT2D eigenvalue weighted by Gasteiger charge is 2.20. The van der Waals surface area contributed by atoms with E-state index in [1.54, 1.807) is 24.4 Å². The number of nitrogens with zero attached hydrogens (tertiary/aromatic N) is 3. The Labute approximate surface area is 271 Å². The van der Waals surface area contributed by atoms with Crippen molar-refractivity contribution in [2.24, 2.45) is 0 Å². The maximum absolute atomic E-state index is 12.9. The first-order valence-electron chi connectivity index (χ1n) is 14.7. The van der Waals surface area contributed by atoms with Crippen LogP contribution in [0.5, 0.6) is 17.4 Å². The standard InChI is InChI=1S/C36H38ClN3O3.ClH/c1-26-4-8-29(9-5-26)16-21-42-32-13-14-34(38-24-32)43-36-28(3)22-31(23-33(36)37)12-15-35(41)40-19-17-39(18-20-40)25-30-10-6-27(2)7-11-30;/h4-15,22-24H,16-21,25H2,1-3H3;1H/b15-12+;. The molecule has 0 unspecified atom stereocenters. The molecule has 0 atom stereocenters. The topological polar surface area (TPSA) is 54.9 Å². The van der Waals surface area contributed by atoms with E-state index in [0.717, 1.165) is 37.2 Å². The molecule has 6 nitrogen and oxygen atoms in total. The molecular weight excluding hydrogens is 593 g/mol. The van der Waals surface area contributed by atoms with Gasteiger partial charge in [-0.1, -0.05) is 71.3 Å². The fourth-order valence-electron chi connectivity index (χ4n) is 4.99. The number of aryl methyl sites for hydroxylation is 3. The SMILES string of the molecule is Cc1ccc(CCOc2ccc(Oc3c(C)cc(/C=C/C(=O)N4CCN(Cc5ccc(C)cc5)CC4)cc3Cl)nc2)cc1.Cl. The predicted octanol–water partition coefficient (Wildman–Crippen LogP) is 7.85. The lowest BCUT2D eigenvalue weighted by atomic mass is 10.1. The number of hydrogen-bond acceptors (Lipinski definition) is 5. The van der Waals surface area contributed by atoms with Gasteiger partial charge in [0, 0.05) is 51.3 Å². The summed E-state index contributed by atoms with van der Waals surface area (Å²) in [4.78, 5) is 21.5. The van der Waals surface area contributed by atoms with Gasteiger partial charge < -0.3 is 14.4 Å². The van der Waals surface area contributed by atoms with Crippen molar-refractivity contribution in [3.8, 4) is 17.4 Å². The van der Waals surface area contributed by atoms with E-state index in [2.05, 4.69) is 72.3 Å². The van der Waals surface area contributed by atoms with Crippen LogP contribution in [0.15, 0.2) is 85.1 Å². The van der Waals surface area contributed by atoms with Gasteiger partial charge in [-0.25, -0.2) is 4.98 Å². The molecule has 0 saturated carbocycles. The van der Waals surface area contributed by atoms with Crippen molar-refractivity contribution < 1.29 is 14.3 Å². The van der Waals surface area contributed by atoms with Crippen LogP contribution >= 0.6 is 24.0 Å². The van der Waals surface area contributed by atoms with Gasteiger partial charge in [0.2, 0.25) is 11.8 Å². The molecule has 1 aromatic heterocycles. The summed E-state index contributed by atoms with van der Waals surface area (Å²) in [5, 5.41) is 0.456. The molecule has 5 rings (SSSR count). The number of rotatable bonds is 10. The van der Waals surface area contributed by atoms with Crippen LogP contribution in [-0.2, 0) is 17.8 Å². The number of piperazine rings is 1. The van der Waals surface area contributed by atoms with Gasteiger partial charge >= 0.3 is 0 Å². The normalized spacial score (nSPS) is 13.5. The third-order valence-corrected chi connectivity index (χ3v) is 7.86. The molecule has 0 bridgehead atoms. The Bertz CT molecular complexity index is 1520. The molecule has 1 fully saturated rings. The highest BCUT2D eigenvalue weighted by molar-refractivity contribution is 6.32. The zero-order valence-corrected chi connectivity index (χ0v) is 27.0. The minimum absolute atomic E-state index is 0. The smallest absolute Gasteiger partial charge is 0.246 e. The van der Waals surface area contributed by atoms with Crippen molar-refractivity contribution >= 4 is 36.0 Å². The minimum Gasteiger partial charge on any atom is -0.492 e. The van der Waals surface area contributed by atoms with Crippen LogP contribution < -0.4 is 9.47 Å². The quantitative estimate of drug-likeness (QED) is 0.167. The molecule has 230 valence electrons. The number of hydrogen-bond donors (Lipinski definition) is 0. The Morgan fingerprint density at radius 1 is 0.886 bits per heavy atom. The van der Waals surface area contributed by atoms with E-state index in [9.17, 15) is 4.79 Å². The number of halogens is 2. The van der Waals surface area contributed by atoms with Crippen LogP contribution in [0.25, 0.3) is 6.08 Å². The first-order valence-corrected chi connectivity index (χ1v) is 15.1. The average molecular weight is 633 g/mol. The Morgan fingerprint density at radius 3 is 2.16 bits per heavy atom. The molecule has 2 heterocycles. The summed E-state index contributed by atoms with van der Waals surface area (Å²) < 4.78 is 11.9. The molecule has 1 amide bonds. The second-order valence-electron chi connectivity index (χ2n) is 11.1. The van der Waals surface area contributed by atoms with Crippen LogP contribution in [0.1, 0.15) is 33.4 Å². The fourth-order valence-corrected chi connectivity index (χ4v) is 5.31. The molecule has 3 aromatic carbocycles. The van der Waals surface area contributed by atoms with Gasteiger partial charge in [-0.15, -0.1) is 12.4 Å². The summed E-state index contributed by atoms with van der Waals surface area (Å²) in [6.07, 6.45) is 5.91. The van der Waals surface area contributed by atoms with Crippen molar-refractivity contribution in [3.05, 3.63) is 123 Å². The van der Waals surface area contributed by atoms with E-state index in [4.69, 9.17) is 21.1 Å². The number of amides is 1. The Balaban J connectivity index is 0.00000442. The van der Waals surface area contributed by atoms with E-state index in [1.807, 2.05) is 30.0 Å². The van der Waals surface area contributed by atoms with E-state index in [1.165, 1.54) is 22.3 Å². The molecule has 0 spiro atoms. The first-order chi connectivity index (χ1) is 20.8. The number of benzene rings is 3. The molecule has 4 aromatic rings. The molecule has 8 heteroatoms. The predicted molar refractivity (Wildman–Crippen MR) is 180 cm³/mol. The molecule has 44 heavy (non-hydrogen) atoms. The summed E-state index contributed by atoms with van der Waals surface area (Å²) in [6.45, 7) is 10.7. The zero-order chi connectivity index (χ0) is 30.2. The molecule has 1 aliphatic heterocycles. The number of aromatic nitrogens is 1. The number of ether oxygens (including phenoxy) is 2. The lowest BCUT2D eigenvalue weighted by molar-refractivity contribution is -0.127. The van der Waals surface area contributed by atoms with Crippen molar-refractivity contribution in [1.82, 2.24) is 14.8 Å². The number of carbonyl (C=O) groups excluding carboxylic acids is 1. The van der Waals surface area contributed by atoms with Gasteiger partial charge in [0.05, 0.1) is 17.8 Å². The van der Waals surface area contributed by atoms with E-state index in [-0.39, 0.29) is 18.3 Å². The van der Waals surface area contributed by atoms with Crippen LogP contribution in [0.3, 0.4) is 0 Å². The summed E-state index contributed by atoms with van der Waals surface area (Å²) in [6, 6.07) is 24.5. The third-order valence-electron chi connectivity index (χ3n) is 7.58. The zero-order valence-electron chi connectivity index (χ0n) is 25.5. The van der Waals surface area contributed by atoms with Crippen LogP contribution in [0, 0.1) is 20.8 Å². The maximum atomic E-state index is 12.9. The first kappa shape index (κ1) is 33.1. The summed E-state index contributed by atoms with van der Waals surface area (Å²) >= 11 is 6.60. The molecule has 1 saturated heterocycles. The number of carbonyl (C=O) groups is 1. The highest BCUT2D eigenvalue weighted by Crippen LogP contribution is 2.34. The van der Waals surface area contributed by atoms with Gasteiger partial charge in [0.15, 0.2) is 5.75 Å². The number of pyridine rings is 1. The monoisotopic (exact) mass is 631 g/mol. The molecular formula is C36H39Cl2N3O3. The average Bonchev–Trinajstić information content (AvgIpc) is 3.01. The fraction of sp³-hybridized carbons (Fsp3) is 0.278. The molecule has 0 N–H and O–H groups in total. The molecule has 0 radical (unpaired) electrons. The van der Waals surface area contributed by atoms with Crippen LogP contribution in [0.4, 0.5) is 0 Å². The maximum Gasteiger partial charge on any atom is 0.246 e. The molecule has 1 aliphatic rings. The lowest BCUT2D eigenvalue weighted by Gasteiger charge is -2.34. The van der Waals surface area contributed by atoms with Crippen LogP contribution in [0.2, 0.25) is 5.02 Å². The van der Waals surface area contributed by atoms with Crippen molar-refractivity contribution in [1.29, 1.82) is 0 Å². The largest absolute Gasteiger partial charge is 0.492 e. The second kappa shape index (κ2) is 15.8. The van der Waals surface area contributed by atoms with Crippen molar-refractivity contribution in [3.63, 3.8) is 0 Å². The minimum atomic E-state index is 0. The Kier molecular flexibility index (Phi) is 11.8. The van der Waals surface area contributed by atoms with Gasteiger partial charge in [0.1, 0.15) is 5.75 Å². The van der Waals surface area contributed by atoms with Crippen molar-refractivity contribution in [2.45, 2.75) is 33.7 Å². The second-order valence-corrected chi connectivity index (χ2v) is 11.5. The van der Waals surface area contributed by atoms with Gasteiger partial charge in [-0.3, -0.25) is 9.69 Å². The summed E-state index contributed by atoms with van der Waals surface area (Å²) in [5.41, 5.74) is 6.74. The van der Waals surface area contributed by atoms with Crippen LogP contribution in [-0.4, -0.2) is 53.5 Å². The lowest BCUT2D eigenvalue weighted by Crippen LogP contribution is -2.47. The Hall–Kier alpha value is -3.84. The third kappa shape index (κ3) is 9.33. The van der Waals surface area contributed by atoms with Gasteiger partial charge in [0.25, 0.3) is 0 Å². The van der Waals surface area contributed by atoms with Crippen molar-refractivity contribution in [2.75, 3.05) is 32.8 Å². The van der Waals surface area contributed by atoms with Gasteiger partial charge in [-0.05, 0) is 67.3 Å². The van der Waals surface area contributed by atoms with E-state index >= 15 is 0 Å². The Morgan fingerprint density at radius 2 is 1.55 bits per heavy atom. The van der Waals surface area contributed by atoms with E-state index < -0.39 is 0 Å². The van der Waals surface area contributed by atoms with Gasteiger partial charge in [-0.2, -0.15) is 0 Å².